The molecular weight excluding hydrogens is 348 g/mol. The molecule has 0 unspecified atom stereocenters. The van der Waals surface area contributed by atoms with Gasteiger partial charge in [-0.05, 0) is 50.1 Å². The predicted octanol–water partition coefficient (Wildman–Crippen LogP) is 3.95. The summed E-state index contributed by atoms with van der Waals surface area (Å²) in [4.78, 5) is 12.4. The summed E-state index contributed by atoms with van der Waals surface area (Å²) < 4.78 is 21.0. The van der Waals surface area contributed by atoms with Gasteiger partial charge in [0.1, 0.15) is 17.2 Å². The highest BCUT2D eigenvalue weighted by Crippen LogP contribution is 2.25. The Balaban J connectivity index is 1.86. The van der Waals surface area contributed by atoms with Crippen LogP contribution in [0.1, 0.15) is 36.2 Å². The first-order valence-corrected chi connectivity index (χ1v) is 9.00. The van der Waals surface area contributed by atoms with Crippen LogP contribution in [-0.2, 0) is 15.9 Å². The number of benzene rings is 2. The van der Waals surface area contributed by atoms with E-state index in [0.717, 1.165) is 11.3 Å². The van der Waals surface area contributed by atoms with Crippen molar-refractivity contribution in [1.82, 2.24) is 0 Å². The van der Waals surface area contributed by atoms with E-state index in [1.54, 1.807) is 12.1 Å². The van der Waals surface area contributed by atoms with Crippen molar-refractivity contribution < 1.29 is 28.8 Å². The van der Waals surface area contributed by atoms with Gasteiger partial charge in [-0.1, -0.05) is 12.1 Å². The van der Waals surface area contributed by atoms with Crippen LogP contribution in [0, 0.1) is 0 Å². The zero-order chi connectivity index (χ0) is 19.5. The standard InChI is InChI=1S/C21H26O6/c1-3-24-14-26-17-8-5-16(6-9-17)7-12-20(22)19-11-10-18(13-21(19)23)27-15-25-4-2/h5-6,8-11,13,23H,3-4,7,12,14-15H2,1-2H3. The van der Waals surface area contributed by atoms with Gasteiger partial charge in [0, 0.05) is 25.7 Å². The van der Waals surface area contributed by atoms with Gasteiger partial charge in [0.2, 0.25) is 0 Å². The van der Waals surface area contributed by atoms with Gasteiger partial charge in [-0.3, -0.25) is 4.79 Å². The lowest BCUT2D eigenvalue weighted by Gasteiger charge is -2.09. The summed E-state index contributed by atoms with van der Waals surface area (Å²) in [6, 6.07) is 12.2. The smallest absolute Gasteiger partial charge is 0.189 e. The number of ether oxygens (including phenoxy) is 4. The molecule has 0 saturated carbocycles. The topological polar surface area (TPSA) is 74.2 Å². The monoisotopic (exact) mass is 374 g/mol. The average Bonchev–Trinajstić information content (AvgIpc) is 2.68. The number of phenolic OH excluding ortho intramolecular Hbond substituents is 1. The minimum Gasteiger partial charge on any atom is -0.507 e. The van der Waals surface area contributed by atoms with Crippen LogP contribution in [0.5, 0.6) is 17.2 Å². The number of hydrogen-bond acceptors (Lipinski definition) is 6. The van der Waals surface area contributed by atoms with E-state index in [4.69, 9.17) is 18.9 Å². The Labute approximate surface area is 159 Å². The Morgan fingerprint density at radius 3 is 2.07 bits per heavy atom. The first-order chi connectivity index (χ1) is 13.1. The van der Waals surface area contributed by atoms with Gasteiger partial charge in [0.25, 0.3) is 0 Å². The van der Waals surface area contributed by atoms with E-state index in [-0.39, 0.29) is 30.7 Å². The Morgan fingerprint density at radius 1 is 0.889 bits per heavy atom. The summed E-state index contributed by atoms with van der Waals surface area (Å²) >= 11 is 0. The molecule has 0 spiro atoms. The van der Waals surface area contributed by atoms with Crippen molar-refractivity contribution in [2.45, 2.75) is 26.7 Å². The fourth-order valence-electron chi connectivity index (χ4n) is 2.37. The molecule has 0 aliphatic heterocycles. The quantitative estimate of drug-likeness (QED) is 0.344. The summed E-state index contributed by atoms with van der Waals surface area (Å²) in [5.41, 5.74) is 1.30. The average molecular weight is 374 g/mol. The van der Waals surface area contributed by atoms with Gasteiger partial charge >= 0.3 is 0 Å². The summed E-state index contributed by atoms with van der Waals surface area (Å²) in [7, 11) is 0. The number of carbonyl (C=O) groups excluding carboxylic acids is 1. The van der Waals surface area contributed by atoms with E-state index in [0.29, 0.717) is 31.8 Å². The molecule has 0 atom stereocenters. The molecule has 2 rings (SSSR count). The third-order valence-corrected chi connectivity index (χ3v) is 3.86. The van der Waals surface area contributed by atoms with Gasteiger partial charge in [-0.15, -0.1) is 0 Å². The van der Waals surface area contributed by atoms with Crippen molar-refractivity contribution >= 4 is 5.78 Å². The lowest BCUT2D eigenvalue weighted by Crippen LogP contribution is -2.04. The molecule has 6 nitrogen and oxygen atoms in total. The lowest BCUT2D eigenvalue weighted by atomic mass is 10.0. The first kappa shape index (κ1) is 20.7. The van der Waals surface area contributed by atoms with E-state index in [2.05, 4.69) is 0 Å². The molecule has 0 bridgehead atoms. The van der Waals surface area contributed by atoms with Crippen LogP contribution in [0.25, 0.3) is 0 Å². The second kappa shape index (κ2) is 11.2. The van der Waals surface area contributed by atoms with Gasteiger partial charge in [0.15, 0.2) is 19.4 Å². The van der Waals surface area contributed by atoms with Crippen molar-refractivity contribution in [3.8, 4) is 17.2 Å². The largest absolute Gasteiger partial charge is 0.507 e. The predicted molar refractivity (Wildman–Crippen MR) is 101 cm³/mol. The van der Waals surface area contributed by atoms with E-state index in [9.17, 15) is 9.90 Å². The number of aromatic hydroxyl groups is 1. The zero-order valence-corrected chi connectivity index (χ0v) is 15.8. The fraction of sp³-hybridized carbons (Fsp3) is 0.381. The second-order valence-electron chi connectivity index (χ2n) is 5.76. The Morgan fingerprint density at radius 2 is 1.48 bits per heavy atom. The van der Waals surface area contributed by atoms with E-state index >= 15 is 0 Å². The number of Topliss-reactive ketones (excluding diaryl/α,β-unsaturated/α-hetero) is 1. The maximum atomic E-state index is 12.4. The highest BCUT2D eigenvalue weighted by atomic mass is 16.7. The molecule has 27 heavy (non-hydrogen) atoms. The molecule has 0 aliphatic rings. The molecular formula is C21H26O6. The summed E-state index contributed by atoms with van der Waals surface area (Å²) in [6.45, 7) is 5.24. The van der Waals surface area contributed by atoms with Crippen LogP contribution in [0.3, 0.4) is 0 Å². The molecule has 6 heteroatoms. The third-order valence-electron chi connectivity index (χ3n) is 3.86. The zero-order valence-electron chi connectivity index (χ0n) is 15.8. The van der Waals surface area contributed by atoms with Crippen LogP contribution in [0.4, 0.5) is 0 Å². The van der Waals surface area contributed by atoms with Crippen molar-refractivity contribution in [3.05, 3.63) is 53.6 Å². The van der Waals surface area contributed by atoms with Crippen LogP contribution in [0.2, 0.25) is 0 Å². The van der Waals surface area contributed by atoms with Crippen molar-refractivity contribution in [2.24, 2.45) is 0 Å². The van der Waals surface area contributed by atoms with Gasteiger partial charge in [-0.2, -0.15) is 0 Å². The van der Waals surface area contributed by atoms with Crippen LogP contribution in [-0.4, -0.2) is 37.7 Å². The molecule has 0 fully saturated rings. The molecule has 0 aliphatic carbocycles. The number of ketones is 1. The molecule has 2 aromatic rings. The minimum absolute atomic E-state index is 0.0892. The molecule has 0 heterocycles. The van der Waals surface area contributed by atoms with Gasteiger partial charge in [0.05, 0.1) is 5.56 Å². The van der Waals surface area contributed by atoms with E-state index in [1.165, 1.54) is 6.07 Å². The molecule has 2 aromatic carbocycles. The first-order valence-electron chi connectivity index (χ1n) is 9.00. The van der Waals surface area contributed by atoms with Crippen LogP contribution < -0.4 is 9.47 Å². The van der Waals surface area contributed by atoms with Gasteiger partial charge in [-0.25, -0.2) is 0 Å². The molecule has 1 N–H and O–H groups in total. The van der Waals surface area contributed by atoms with Crippen molar-refractivity contribution in [1.29, 1.82) is 0 Å². The molecule has 0 amide bonds. The van der Waals surface area contributed by atoms with E-state index in [1.807, 2.05) is 38.1 Å². The number of aryl methyl sites for hydroxylation is 1. The normalized spacial score (nSPS) is 10.6. The highest BCUT2D eigenvalue weighted by Gasteiger charge is 2.12. The molecule has 0 saturated heterocycles. The summed E-state index contributed by atoms with van der Waals surface area (Å²) in [6.07, 6.45) is 0.873. The lowest BCUT2D eigenvalue weighted by molar-refractivity contribution is 0.0221. The summed E-state index contributed by atoms with van der Waals surface area (Å²) in [5.74, 6) is 0.966. The number of rotatable bonds is 12. The third kappa shape index (κ3) is 6.92. The summed E-state index contributed by atoms with van der Waals surface area (Å²) in [5, 5.41) is 10.1. The molecule has 0 aromatic heterocycles. The van der Waals surface area contributed by atoms with E-state index < -0.39 is 0 Å². The number of hydrogen-bond donors (Lipinski definition) is 1. The van der Waals surface area contributed by atoms with Crippen LogP contribution >= 0.6 is 0 Å². The Bertz CT molecular complexity index is 711. The molecule has 0 radical (unpaired) electrons. The van der Waals surface area contributed by atoms with Crippen molar-refractivity contribution in [2.75, 3.05) is 26.8 Å². The number of phenols is 1. The van der Waals surface area contributed by atoms with Crippen LogP contribution in [0.15, 0.2) is 42.5 Å². The SMILES string of the molecule is CCOCOc1ccc(CCC(=O)c2ccc(OCOCC)cc2O)cc1. The van der Waals surface area contributed by atoms with Gasteiger partial charge < -0.3 is 24.1 Å². The fourth-order valence-corrected chi connectivity index (χ4v) is 2.37. The highest BCUT2D eigenvalue weighted by molar-refractivity contribution is 5.98. The maximum Gasteiger partial charge on any atom is 0.189 e. The minimum atomic E-state index is -0.125. The number of carbonyl (C=O) groups is 1. The van der Waals surface area contributed by atoms with Crippen molar-refractivity contribution in [3.63, 3.8) is 0 Å². The molecule has 146 valence electrons. The Kier molecular flexibility index (Phi) is 8.61. The maximum absolute atomic E-state index is 12.4. The Hall–Kier alpha value is -2.57. The second-order valence-corrected chi connectivity index (χ2v) is 5.76.